The molecule has 4 nitrogen and oxygen atoms in total. The van der Waals surface area contributed by atoms with Crippen LogP contribution < -0.4 is 0 Å². The van der Waals surface area contributed by atoms with Crippen LogP contribution in [0.2, 0.25) is 0 Å². The maximum absolute atomic E-state index is 6.18. The summed E-state index contributed by atoms with van der Waals surface area (Å²) in [7, 11) is 3.55. The highest BCUT2D eigenvalue weighted by molar-refractivity contribution is 6.29. The SMILES string of the molecule is CCN(C)/C(Cl)=C\C(OC)=C(/C)OC1CCCOC1. The van der Waals surface area contributed by atoms with Gasteiger partial charge in [-0.2, -0.15) is 0 Å². The van der Waals surface area contributed by atoms with Crippen molar-refractivity contribution in [2.75, 3.05) is 33.9 Å². The molecule has 0 radical (unpaired) electrons. The molecule has 0 bridgehead atoms. The average Bonchev–Trinajstić information content (AvgIpc) is 2.44. The number of nitrogens with zero attached hydrogens (tertiary/aromatic N) is 1. The fraction of sp³-hybridized carbons (Fsp3) is 0.714. The molecule has 1 atom stereocenters. The van der Waals surface area contributed by atoms with Gasteiger partial charge in [-0.25, -0.2) is 0 Å². The number of rotatable bonds is 6. The quantitative estimate of drug-likeness (QED) is 0.427. The van der Waals surface area contributed by atoms with Crippen molar-refractivity contribution in [3.8, 4) is 0 Å². The van der Waals surface area contributed by atoms with Crippen LogP contribution >= 0.6 is 11.6 Å². The molecule has 1 heterocycles. The summed E-state index contributed by atoms with van der Waals surface area (Å²) >= 11 is 6.18. The Balaban J connectivity index is 2.71. The van der Waals surface area contributed by atoms with Crippen LogP contribution in [0.25, 0.3) is 0 Å². The van der Waals surface area contributed by atoms with Gasteiger partial charge in [0.1, 0.15) is 17.0 Å². The minimum absolute atomic E-state index is 0.106. The van der Waals surface area contributed by atoms with E-state index in [1.54, 1.807) is 13.2 Å². The van der Waals surface area contributed by atoms with Gasteiger partial charge in [0, 0.05) is 26.3 Å². The molecule has 5 heteroatoms. The van der Waals surface area contributed by atoms with Crippen molar-refractivity contribution in [1.82, 2.24) is 4.90 Å². The molecule has 1 aliphatic rings. The summed E-state index contributed by atoms with van der Waals surface area (Å²) in [5.41, 5.74) is 0. The zero-order valence-corrected chi connectivity index (χ0v) is 13.0. The van der Waals surface area contributed by atoms with Crippen molar-refractivity contribution in [1.29, 1.82) is 0 Å². The monoisotopic (exact) mass is 289 g/mol. The lowest BCUT2D eigenvalue weighted by atomic mass is 10.2. The second-order valence-electron chi connectivity index (χ2n) is 4.56. The molecule has 0 amide bonds. The molecule has 0 aromatic carbocycles. The summed E-state index contributed by atoms with van der Waals surface area (Å²) in [5, 5.41) is 0.627. The van der Waals surface area contributed by atoms with Crippen LogP contribution in [0.15, 0.2) is 22.8 Å². The van der Waals surface area contributed by atoms with Gasteiger partial charge < -0.3 is 19.1 Å². The number of ether oxygens (including phenoxy) is 3. The van der Waals surface area contributed by atoms with Crippen molar-refractivity contribution in [3.05, 3.63) is 22.8 Å². The van der Waals surface area contributed by atoms with Gasteiger partial charge in [0.15, 0.2) is 5.76 Å². The lowest BCUT2D eigenvalue weighted by molar-refractivity contribution is -0.0257. The number of hydrogen-bond acceptors (Lipinski definition) is 4. The Kier molecular flexibility index (Phi) is 7.10. The van der Waals surface area contributed by atoms with E-state index in [-0.39, 0.29) is 6.10 Å². The maximum Gasteiger partial charge on any atom is 0.159 e. The van der Waals surface area contributed by atoms with Gasteiger partial charge in [-0.05, 0) is 26.7 Å². The van der Waals surface area contributed by atoms with Crippen molar-refractivity contribution in [2.24, 2.45) is 0 Å². The highest BCUT2D eigenvalue weighted by atomic mass is 35.5. The van der Waals surface area contributed by atoms with Gasteiger partial charge in [0.05, 0.1) is 13.7 Å². The summed E-state index contributed by atoms with van der Waals surface area (Å²) in [6.07, 6.45) is 3.94. The van der Waals surface area contributed by atoms with Crippen LogP contribution in [-0.2, 0) is 14.2 Å². The molecule has 0 spiro atoms. The van der Waals surface area contributed by atoms with Gasteiger partial charge in [0.25, 0.3) is 0 Å². The van der Waals surface area contributed by atoms with Gasteiger partial charge in [0.2, 0.25) is 0 Å². The van der Waals surface area contributed by atoms with E-state index in [1.807, 2.05) is 25.8 Å². The van der Waals surface area contributed by atoms with Crippen molar-refractivity contribution < 1.29 is 14.2 Å². The molecule has 0 aromatic heterocycles. The first kappa shape index (κ1) is 16.2. The standard InChI is InChI=1S/C14H24ClNO3/c1-5-16(3)14(15)9-13(17-4)11(2)19-12-7-6-8-18-10-12/h9,12H,5-8,10H2,1-4H3/b13-11-,14-9-. The Morgan fingerprint density at radius 2 is 2.26 bits per heavy atom. The minimum atomic E-state index is 0.106. The molecule has 1 rings (SSSR count). The summed E-state index contributed by atoms with van der Waals surface area (Å²) in [6.45, 7) is 6.23. The zero-order chi connectivity index (χ0) is 14.3. The minimum Gasteiger partial charge on any atom is -0.493 e. The van der Waals surface area contributed by atoms with E-state index < -0.39 is 0 Å². The van der Waals surface area contributed by atoms with Gasteiger partial charge >= 0.3 is 0 Å². The smallest absolute Gasteiger partial charge is 0.159 e. The summed E-state index contributed by atoms with van der Waals surface area (Å²) in [6, 6.07) is 0. The molecular formula is C14H24ClNO3. The Labute approximate surface area is 121 Å². The Hall–Kier alpha value is -0.870. The van der Waals surface area contributed by atoms with Crippen molar-refractivity contribution in [2.45, 2.75) is 32.8 Å². The molecule has 1 fully saturated rings. The maximum atomic E-state index is 6.18. The van der Waals surface area contributed by atoms with Crippen LogP contribution in [-0.4, -0.2) is 44.9 Å². The molecule has 0 aliphatic carbocycles. The first-order chi connectivity index (χ1) is 9.08. The predicted molar refractivity (Wildman–Crippen MR) is 76.9 cm³/mol. The van der Waals surface area contributed by atoms with Gasteiger partial charge in [-0.3, -0.25) is 0 Å². The predicted octanol–water partition coefficient (Wildman–Crippen LogP) is 3.09. The van der Waals surface area contributed by atoms with Gasteiger partial charge in [-0.1, -0.05) is 11.6 Å². The second kappa shape index (κ2) is 8.33. The molecule has 110 valence electrons. The van der Waals surface area contributed by atoms with E-state index >= 15 is 0 Å². The van der Waals surface area contributed by atoms with E-state index in [2.05, 4.69) is 0 Å². The number of hydrogen-bond donors (Lipinski definition) is 0. The van der Waals surface area contributed by atoms with E-state index in [4.69, 9.17) is 25.8 Å². The van der Waals surface area contributed by atoms with Crippen LogP contribution in [0.1, 0.15) is 26.7 Å². The van der Waals surface area contributed by atoms with Crippen molar-refractivity contribution in [3.63, 3.8) is 0 Å². The first-order valence-electron chi connectivity index (χ1n) is 6.66. The Morgan fingerprint density at radius 1 is 1.53 bits per heavy atom. The molecule has 0 saturated carbocycles. The van der Waals surface area contributed by atoms with E-state index in [9.17, 15) is 0 Å². The number of halogens is 1. The highest BCUT2D eigenvalue weighted by Crippen LogP contribution is 2.19. The van der Waals surface area contributed by atoms with Crippen LogP contribution in [0.5, 0.6) is 0 Å². The summed E-state index contributed by atoms with van der Waals surface area (Å²) < 4.78 is 16.6. The molecular weight excluding hydrogens is 266 g/mol. The van der Waals surface area contributed by atoms with Crippen LogP contribution in [0.4, 0.5) is 0 Å². The molecule has 1 aliphatic heterocycles. The van der Waals surface area contributed by atoms with Crippen LogP contribution in [0.3, 0.4) is 0 Å². The zero-order valence-electron chi connectivity index (χ0n) is 12.2. The fourth-order valence-electron chi connectivity index (χ4n) is 1.79. The van der Waals surface area contributed by atoms with Crippen molar-refractivity contribution >= 4 is 11.6 Å². The molecule has 0 N–H and O–H groups in total. The lowest BCUT2D eigenvalue weighted by Crippen LogP contribution is -2.25. The Bertz CT molecular complexity index is 336. The third kappa shape index (κ3) is 5.33. The Morgan fingerprint density at radius 3 is 2.79 bits per heavy atom. The molecule has 0 aromatic rings. The lowest BCUT2D eigenvalue weighted by Gasteiger charge is -2.24. The summed E-state index contributed by atoms with van der Waals surface area (Å²) in [4.78, 5) is 1.93. The normalized spacial score (nSPS) is 21.7. The summed E-state index contributed by atoms with van der Waals surface area (Å²) in [5.74, 6) is 1.39. The number of allylic oxidation sites excluding steroid dienone is 2. The molecule has 1 unspecified atom stereocenters. The first-order valence-corrected chi connectivity index (χ1v) is 7.03. The van der Waals surface area contributed by atoms with E-state index in [0.717, 1.165) is 31.8 Å². The largest absolute Gasteiger partial charge is 0.493 e. The van der Waals surface area contributed by atoms with Crippen LogP contribution in [0, 0.1) is 0 Å². The third-order valence-corrected chi connectivity index (χ3v) is 3.52. The molecule has 1 saturated heterocycles. The number of methoxy groups -OCH3 is 1. The second-order valence-corrected chi connectivity index (χ2v) is 4.95. The molecule has 19 heavy (non-hydrogen) atoms. The topological polar surface area (TPSA) is 30.9 Å². The highest BCUT2D eigenvalue weighted by Gasteiger charge is 2.16. The van der Waals surface area contributed by atoms with E-state index in [1.165, 1.54) is 0 Å². The van der Waals surface area contributed by atoms with E-state index in [0.29, 0.717) is 17.5 Å². The average molecular weight is 290 g/mol. The third-order valence-electron chi connectivity index (χ3n) is 3.12. The fourth-order valence-corrected chi connectivity index (χ4v) is 2.00. The van der Waals surface area contributed by atoms with Gasteiger partial charge in [-0.15, -0.1) is 0 Å².